The first kappa shape index (κ1) is 13.3. The summed E-state index contributed by atoms with van der Waals surface area (Å²) in [7, 11) is 0. The molecular formula is C18H15NO2. The maximum atomic E-state index is 12.5. The van der Waals surface area contributed by atoms with Gasteiger partial charge in [-0.2, -0.15) is 0 Å². The molecular weight excluding hydrogens is 262 g/mol. The van der Waals surface area contributed by atoms with Crippen molar-refractivity contribution in [3.8, 4) is 5.75 Å². The lowest BCUT2D eigenvalue weighted by atomic mass is 10.0. The van der Waals surface area contributed by atoms with E-state index in [4.69, 9.17) is 4.74 Å². The zero-order valence-electron chi connectivity index (χ0n) is 11.7. The van der Waals surface area contributed by atoms with Gasteiger partial charge in [0, 0.05) is 22.7 Å². The summed E-state index contributed by atoms with van der Waals surface area (Å²) < 4.78 is 5.38. The normalized spacial score (nSPS) is 10.5. The molecule has 21 heavy (non-hydrogen) atoms. The fourth-order valence-electron chi connectivity index (χ4n) is 2.24. The lowest BCUT2D eigenvalue weighted by Gasteiger charge is -2.05. The van der Waals surface area contributed by atoms with Crippen LogP contribution in [0.4, 0.5) is 0 Å². The summed E-state index contributed by atoms with van der Waals surface area (Å²) in [5, 5.41) is 1.03. The van der Waals surface area contributed by atoms with E-state index < -0.39 is 0 Å². The number of carbonyl (C=O) groups is 1. The minimum atomic E-state index is -0.00870. The molecule has 0 saturated carbocycles. The average molecular weight is 277 g/mol. The Morgan fingerprint density at radius 2 is 1.81 bits per heavy atom. The minimum absolute atomic E-state index is 0.00870. The van der Waals surface area contributed by atoms with Crippen LogP contribution in [0, 0.1) is 0 Å². The fourth-order valence-corrected chi connectivity index (χ4v) is 2.24. The first-order valence-corrected chi connectivity index (χ1v) is 6.90. The van der Waals surface area contributed by atoms with E-state index in [1.165, 1.54) is 0 Å². The van der Waals surface area contributed by atoms with Gasteiger partial charge in [-0.1, -0.05) is 18.2 Å². The van der Waals surface area contributed by atoms with E-state index in [-0.39, 0.29) is 5.78 Å². The zero-order chi connectivity index (χ0) is 14.7. The van der Waals surface area contributed by atoms with Crippen molar-refractivity contribution in [3.63, 3.8) is 0 Å². The van der Waals surface area contributed by atoms with Gasteiger partial charge in [0.2, 0.25) is 0 Å². The molecule has 3 nitrogen and oxygen atoms in total. The topological polar surface area (TPSA) is 39.2 Å². The van der Waals surface area contributed by atoms with Gasteiger partial charge in [-0.15, -0.1) is 0 Å². The van der Waals surface area contributed by atoms with E-state index in [9.17, 15) is 4.79 Å². The van der Waals surface area contributed by atoms with Crippen LogP contribution in [0.2, 0.25) is 0 Å². The van der Waals surface area contributed by atoms with Gasteiger partial charge in [0.1, 0.15) is 5.75 Å². The van der Waals surface area contributed by atoms with Crippen molar-refractivity contribution in [3.05, 3.63) is 71.9 Å². The molecule has 3 heteroatoms. The number of benzene rings is 2. The maximum absolute atomic E-state index is 12.5. The summed E-state index contributed by atoms with van der Waals surface area (Å²) >= 11 is 0. The van der Waals surface area contributed by atoms with Crippen LogP contribution in [-0.2, 0) is 0 Å². The summed E-state index contributed by atoms with van der Waals surface area (Å²) in [5.74, 6) is 0.764. The molecule has 0 bridgehead atoms. The first-order valence-electron chi connectivity index (χ1n) is 6.90. The quantitative estimate of drug-likeness (QED) is 0.680. The number of nitrogens with zero attached hydrogens (tertiary/aromatic N) is 1. The van der Waals surface area contributed by atoms with Crippen LogP contribution in [0.1, 0.15) is 22.8 Å². The second-order valence-electron chi connectivity index (χ2n) is 4.70. The molecule has 1 aromatic heterocycles. The molecule has 0 amide bonds. The maximum Gasteiger partial charge on any atom is 0.193 e. The first-order chi connectivity index (χ1) is 10.3. The second kappa shape index (κ2) is 5.75. The molecule has 2 aromatic carbocycles. The van der Waals surface area contributed by atoms with E-state index in [1.54, 1.807) is 18.3 Å². The summed E-state index contributed by atoms with van der Waals surface area (Å²) in [6.07, 6.45) is 1.73. The highest BCUT2D eigenvalue weighted by molar-refractivity contribution is 6.10. The summed E-state index contributed by atoms with van der Waals surface area (Å²) in [6, 6.07) is 16.7. The van der Waals surface area contributed by atoms with Crippen LogP contribution in [-0.4, -0.2) is 17.4 Å². The molecule has 3 rings (SSSR count). The van der Waals surface area contributed by atoms with Crippen LogP contribution in [0.15, 0.2) is 60.8 Å². The molecule has 3 aromatic rings. The van der Waals surface area contributed by atoms with E-state index in [0.29, 0.717) is 17.7 Å². The Morgan fingerprint density at radius 1 is 1.05 bits per heavy atom. The number of hydrogen-bond acceptors (Lipinski definition) is 3. The minimum Gasteiger partial charge on any atom is -0.494 e. The van der Waals surface area contributed by atoms with Crippen LogP contribution >= 0.6 is 0 Å². The summed E-state index contributed by atoms with van der Waals surface area (Å²) in [4.78, 5) is 16.8. The largest absolute Gasteiger partial charge is 0.494 e. The number of carbonyl (C=O) groups excluding carboxylic acids is 1. The van der Waals surface area contributed by atoms with Crippen molar-refractivity contribution in [2.24, 2.45) is 0 Å². The Hall–Kier alpha value is -2.68. The summed E-state index contributed by atoms with van der Waals surface area (Å²) in [5.41, 5.74) is 2.12. The predicted octanol–water partition coefficient (Wildman–Crippen LogP) is 3.86. The third-order valence-electron chi connectivity index (χ3n) is 3.30. The highest BCUT2D eigenvalue weighted by Crippen LogP contribution is 2.18. The van der Waals surface area contributed by atoms with Crippen LogP contribution in [0.3, 0.4) is 0 Å². The van der Waals surface area contributed by atoms with Crippen molar-refractivity contribution < 1.29 is 9.53 Å². The molecule has 0 aliphatic heterocycles. The second-order valence-corrected chi connectivity index (χ2v) is 4.70. The number of rotatable bonds is 4. The lowest BCUT2D eigenvalue weighted by molar-refractivity contribution is 0.103. The third-order valence-corrected chi connectivity index (χ3v) is 3.30. The highest BCUT2D eigenvalue weighted by atomic mass is 16.5. The van der Waals surface area contributed by atoms with Crippen molar-refractivity contribution in [2.45, 2.75) is 6.92 Å². The van der Waals surface area contributed by atoms with Crippen LogP contribution in [0.5, 0.6) is 5.75 Å². The Labute approximate surface area is 123 Å². The molecule has 1 heterocycles. The smallest absolute Gasteiger partial charge is 0.193 e. The van der Waals surface area contributed by atoms with Gasteiger partial charge in [0.05, 0.1) is 12.1 Å². The molecule has 0 radical (unpaired) electrons. The molecule has 0 aliphatic rings. The molecule has 0 spiro atoms. The van der Waals surface area contributed by atoms with Crippen LogP contribution < -0.4 is 4.74 Å². The monoisotopic (exact) mass is 277 g/mol. The Kier molecular flexibility index (Phi) is 3.65. The summed E-state index contributed by atoms with van der Waals surface area (Å²) in [6.45, 7) is 2.55. The van der Waals surface area contributed by atoms with Crippen molar-refractivity contribution in [1.82, 2.24) is 4.98 Å². The lowest BCUT2D eigenvalue weighted by Crippen LogP contribution is -2.01. The van der Waals surface area contributed by atoms with Gasteiger partial charge in [0.15, 0.2) is 5.78 Å². The highest BCUT2D eigenvalue weighted by Gasteiger charge is 2.10. The number of ketones is 1. The molecule has 0 fully saturated rings. The Morgan fingerprint density at radius 3 is 2.57 bits per heavy atom. The number of pyridine rings is 1. The van der Waals surface area contributed by atoms with Crippen molar-refractivity contribution in [1.29, 1.82) is 0 Å². The van der Waals surface area contributed by atoms with E-state index in [0.717, 1.165) is 16.7 Å². The zero-order valence-corrected chi connectivity index (χ0v) is 11.7. The Balaban J connectivity index is 1.92. The molecule has 0 saturated heterocycles. The standard InChI is InChI=1S/C18H15NO2/c1-2-21-16-9-7-14(8-10-16)18(20)15-6-5-13-4-3-11-19-17(13)12-15/h3-12H,2H2,1H3. The third kappa shape index (κ3) is 2.77. The number of hydrogen-bond donors (Lipinski definition) is 0. The van der Waals surface area contributed by atoms with Gasteiger partial charge >= 0.3 is 0 Å². The van der Waals surface area contributed by atoms with E-state index in [2.05, 4.69) is 4.98 Å². The number of ether oxygens (including phenoxy) is 1. The van der Waals surface area contributed by atoms with E-state index >= 15 is 0 Å². The Bertz CT molecular complexity index is 779. The molecule has 104 valence electrons. The average Bonchev–Trinajstić information content (AvgIpc) is 2.55. The van der Waals surface area contributed by atoms with Gasteiger partial charge in [-0.25, -0.2) is 0 Å². The molecule has 0 unspecified atom stereocenters. The number of fused-ring (bicyclic) bond motifs is 1. The van der Waals surface area contributed by atoms with Crippen molar-refractivity contribution >= 4 is 16.7 Å². The molecule has 0 N–H and O–H groups in total. The van der Waals surface area contributed by atoms with Crippen LogP contribution in [0.25, 0.3) is 10.9 Å². The predicted molar refractivity (Wildman–Crippen MR) is 82.8 cm³/mol. The van der Waals surface area contributed by atoms with Gasteiger partial charge in [-0.3, -0.25) is 9.78 Å². The van der Waals surface area contributed by atoms with E-state index in [1.807, 2.05) is 49.4 Å². The SMILES string of the molecule is CCOc1ccc(C(=O)c2ccc3cccnc3c2)cc1. The molecule has 0 aliphatic carbocycles. The number of aromatic nitrogens is 1. The fraction of sp³-hybridized carbons (Fsp3) is 0.111. The van der Waals surface area contributed by atoms with Crippen molar-refractivity contribution in [2.75, 3.05) is 6.61 Å². The van der Waals surface area contributed by atoms with Gasteiger partial charge < -0.3 is 4.74 Å². The van der Waals surface area contributed by atoms with Gasteiger partial charge in [0.25, 0.3) is 0 Å². The molecule has 0 atom stereocenters. The van der Waals surface area contributed by atoms with Gasteiger partial charge in [-0.05, 0) is 43.3 Å².